The van der Waals surface area contributed by atoms with Gasteiger partial charge in [-0.05, 0) is 24.3 Å². The van der Waals surface area contributed by atoms with Crippen LogP contribution in [0.25, 0.3) is 11.0 Å². The molecule has 1 heterocycles. The third-order valence-corrected chi connectivity index (χ3v) is 4.74. The molecule has 1 aliphatic carbocycles. The van der Waals surface area contributed by atoms with Crippen molar-refractivity contribution in [3.05, 3.63) is 35.6 Å². The van der Waals surface area contributed by atoms with E-state index in [0.29, 0.717) is 12.0 Å². The lowest BCUT2D eigenvalue weighted by Gasteiger charge is -2.49. The lowest BCUT2D eigenvalue weighted by atomic mass is 9.57. The van der Waals surface area contributed by atoms with Crippen molar-refractivity contribution in [1.82, 2.24) is 0 Å². The van der Waals surface area contributed by atoms with Gasteiger partial charge < -0.3 is 10.2 Å². The minimum absolute atomic E-state index is 0.151. The monoisotopic (exact) mass is 243 g/mol. The summed E-state index contributed by atoms with van der Waals surface area (Å²) in [4.78, 5) is 0. The standard InChI is InChI=1S/C16H21NO/c1-4-10-11-7-5-6-8-13(11)18-15(10)12-9-14(17)16(12,2)3/h5-8,12,14H,4,9,17H2,1-3H3. The molecule has 1 saturated carbocycles. The summed E-state index contributed by atoms with van der Waals surface area (Å²) in [7, 11) is 0. The highest BCUT2D eigenvalue weighted by Gasteiger charge is 2.49. The Hall–Kier alpha value is -1.28. The maximum absolute atomic E-state index is 6.13. The number of aryl methyl sites for hydroxylation is 1. The third kappa shape index (κ3) is 1.45. The first-order chi connectivity index (χ1) is 8.55. The molecule has 0 aliphatic heterocycles. The number of hydrogen-bond donors (Lipinski definition) is 1. The number of nitrogens with two attached hydrogens (primary N) is 1. The van der Waals surface area contributed by atoms with Gasteiger partial charge in [-0.3, -0.25) is 0 Å². The summed E-state index contributed by atoms with van der Waals surface area (Å²) in [5.74, 6) is 1.64. The molecule has 1 fully saturated rings. The van der Waals surface area contributed by atoms with Gasteiger partial charge in [0, 0.05) is 22.9 Å². The Balaban J connectivity index is 2.13. The first-order valence-electron chi connectivity index (χ1n) is 6.81. The van der Waals surface area contributed by atoms with Gasteiger partial charge in [-0.25, -0.2) is 0 Å². The Morgan fingerprint density at radius 2 is 2.06 bits per heavy atom. The first kappa shape index (κ1) is 11.8. The van der Waals surface area contributed by atoms with E-state index >= 15 is 0 Å². The highest BCUT2D eigenvalue weighted by Crippen LogP contribution is 2.53. The summed E-state index contributed by atoms with van der Waals surface area (Å²) in [5.41, 5.74) is 8.66. The van der Waals surface area contributed by atoms with Crippen LogP contribution in [-0.2, 0) is 6.42 Å². The van der Waals surface area contributed by atoms with Crippen LogP contribution in [0, 0.1) is 5.41 Å². The Morgan fingerprint density at radius 3 is 2.67 bits per heavy atom. The molecule has 1 aromatic heterocycles. The minimum Gasteiger partial charge on any atom is -0.460 e. The third-order valence-electron chi connectivity index (χ3n) is 4.74. The van der Waals surface area contributed by atoms with E-state index in [1.165, 1.54) is 16.7 Å². The number of hydrogen-bond acceptors (Lipinski definition) is 2. The van der Waals surface area contributed by atoms with E-state index in [-0.39, 0.29) is 5.41 Å². The minimum atomic E-state index is 0.151. The van der Waals surface area contributed by atoms with Gasteiger partial charge in [0.05, 0.1) is 0 Å². The average molecular weight is 243 g/mol. The van der Waals surface area contributed by atoms with Crippen LogP contribution in [0.5, 0.6) is 0 Å². The number of benzene rings is 1. The fourth-order valence-electron chi connectivity index (χ4n) is 3.17. The molecule has 1 aliphatic rings. The van der Waals surface area contributed by atoms with E-state index in [0.717, 1.165) is 18.4 Å². The lowest BCUT2D eigenvalue weighted by Crippen LogP contribution is -2.52. The number of furan rings is 1. The van der Waals surface area contributed by atoms with E-state index in [1.54, 1.807) is 0 Å². The second-order valence-electron chi connectivity index (χ2n) is 6.01. The fourth-order valence-corrected chi connectivity index (χ4v) is 3.17. The average Bonchev–Trinajstić information content (AvgIpc) is 2.73. The van der Waals surface area contributed by atoms with Crippen LogP contribution >= 0.6 is 0 Å². The zero-order valence-corrected chi connectivity index (χ0v) is 11.4. The Labute approximate surface area is 108 Å². The summed E-state index contributed by atoms with van der Waals surface area (Å²) in [6, 6.07) is 8.63. The molecule has 2 nitrogen and oxygen atoms in total. The molecule has 0 radical (unpaired) electrons. The first-order valence-corrected chi connectivity index (χ1v) is 6.81. The van der Waals surface area contributed by atoms with Crippen LogP contribution in [0.15, 0.2) is 28.7 Å². The van der Waals surface area contributed by atoms with Gasteiger partial charge in [0.1, 0.15) is 11.3 Å². The van der Waals surface area contributed by atoms with E-state index in [2.05, 4.69) is 39.0 Å². The van der Waals surface area contributed by atoms with Gasteiger partial charge in [0.2, 0.25) is 0 Å². The van der Waals surface area contributed by atoms with Crippen LogP contribution in [-0.4, -0.2) is 6.04 Å². The van der Waals surface area contributed by atoms with Crippen molar-refractivity contribution in [2.75, 3.05) is 0 Å². The molecular formula is C16H21NO. The molecule has 1 aromatic carbocycles. The maximum atomic E-state index is 6.13. The van der Waals surface area contributed by atoms with Crippen LogP contribution in [0.4, 0.5) is 0 Å². The van der Waals surface area contributed by atoms with Crippen molar-refractivity contribution >= 4 is 11.0 Å². The molecule has 18 heavy (non-hydrogen) atoms. The van der Waals surface area contributed by atoms with Crippen molar-refractivity contribution in [3.63, 3.8) is 0 Å². The molecule has 2 heteroatoms. The zero-order chi connectivity index (χ0) is 12.9. The highest BCUT2D eigenvalue weighted by molar-refractivity contribution is 5.82. The molecule has 0 amide bonds. The van der Waals surface area contributed by atoms with Crippen molar-refractivity contribution in [2.45, 2.75) is 45.6 Å². The van der Waals surface area contributed by atoms with E-state index in [1.807, 2.05) is 6.07 Å². The molecule has 0 bridgehead atoms. The molecule has 2 atom stereocenters. The van der Waals surface area contributed by atoms with E-state index in [4.69, 9.17) is 10.2 Å². The Morgan fingerprint density at radius 1 is 1.33 bits per heavy atom. The van der Waals surface area contributed by atoms with Crippen LogP contribution in [0.2, 0.25) is 0 Å². The maximum Gasteiger partial charge on any atom is 0.134 e. The molecule has 2 unspecified atom stereocenters. The van der Waals surface area contributed by atoms with Gasteiger partial charge in [-0.1, -0.05) is 39.0 Å². The largest absolute Gasteiger partial charge is 0.460 e. The van der Waals surface area contributed by atoms with Crippen molar-refractivity contribution < 1.29 is 4.42 Å². The summed E-state index contributed by atoms with van der Waals surface area (Å²) < 4.78 is 6.12. The molecule has 96 valence electrons. The summed E-state index contributed by atoms with van der Waals surface area (Å²) >= 11 is 0. The van der Waals surface area contributed by atoms with Gasteiger partial charge in [0.25, 0.3) is 0 Å². The Bertz CT molecular complexity index is 582. The normalized spacial score (nSPS) is 26.2. The molecule has 2 aromatic rings. The van der Waals surface area contributed by atoms with Gasteiger partial charge in [-0.15, -0.1) is 0 Å². The van der Waals surface area contributed by atoms with Gasteiger partial charge >= 0.3 is 0 Å². The van der Waals surface area contributed by atoms with E-state index < -0.39 is 0 Å². The number of rotatable bonds is 2. The van der Waals surface area contributed by atoms with Crippen LogP contribution in [0.3, 0.4) is 0 Å². The highest BCUT2D eigenvalue weighted by atomic mass is 16.3. The SMILES string of the molecule is CCc1c(C2CC(N)C2(C)C)oc2ccccc12. The molecule has 0 saturated heterocycles. The van der Waals surface area contributed by atoms with E-state index in [9.17, 15) is 0 Å². The summed E-state index contributed by atoms with van der Waals surface area (Å²) in [6.07, 6.45) is 2.06. The second kappa shape index (κ2) is 3.86. The molecule has 0 spiro atoms. The predicted octanol–water partition coefficient (Wildman–Crippen LogP) is 3.84. The predicted molar refractivity (Wildman–Crippen MR) is 74.7 cm³/mol. The lowest BCUT2D eigenvalue weighted by molar-refractivity contribution is 0.0826. The van der Waals surface area contributed by atoms with Gasteiger partial charge in [-0.2, -0.15) is 0 Å². The molecule has 2 N–H and O–H groups in total. The van der Waals surface area contributed by atoms with Crippen molar-refractivity contribution in [1.29, 1.82) is 0 Å². The number of para-hydroxylation sites is 1. The summed E-state index contributed by atoms with van der Waals surface area (Å²) in [6.45, 7) is 6.70. The fraction of sp³-hybridized carbons (Fsp3) is 0.500. The second-order valence-corrected chi connectivity index (χ2v) is 6.01. The molecular weight excluding hydrogens is 222 g/mol. The summed E-state index contributed by atoms with van der Waals surface area (Å²) in [5, 5.41) is 1.27. The number of fused-ring (bicyclic) bond motifs is 1. The zero-order valence-electron chi connectivity index (χ0n) is 11.4. The van der Waals surface area contributed by atoms with Crippen molar-refractivity contribution in [3.8, 4) is 0 Å². The quantitative estimate of drug-likeness (QED) is 0.870. The Kier molecular flexibility index (Phi) is 2.53. The molecule has 3 rings (SSSR count). The van der Waals surface area contributed by atoms with Gasteiger partial charge in [0.15, 0.2) is 0 Å². The van der Waals surface area contributed by atoms with Crippen LogP contribution in [0.1, 0.15) is 44.4 Å². The van der Waals surface area contributed by atoms with Crippen molar-refractivity contribution in [2.24, 2.45) is 11.1 Å². The van der Waals surface area contributed by atoms with Crippen LogP contribution < -0.4 is 5.73 Å². The topological polar surface area (TPSA) is 39.2 Å². The smallest absolute Gasteiger partial charge is 0.134 e.